The van der Waals surface area contributed by atoms with Gasteiger partial charge in [0, 0.05) is 12.1 Å². The van der Waals surface area contributed by atoms with Crippen LogP contribution in [0.25, 0.3) is 0 Å². The molecule has 0 unspecified atom stereocenters. The summed E-state index contributed by atoms with van der Waals surface area (Å²) in [6.45, 7) is 2.06. The van der Waals surface area contributed by atoms with Gasteiger partial charge in [-0.15, -0.1) is 11.3 Å². The Morgan fingerprint density at radius 2 is 1.75 bits per heavy atom. The number of ketones is 1. The van der Waals surface area contributed by atoms with Crippen LogP contribution in [0.4, 0.5) is 5.69 Å². The largest absolute Gasteiger partial charge is 0.321 e. The van der Waals surface area contributed by atoms with Gasteiger partial charge in [-0.25, -0.2) is 0 Å². The number of benzene rings is 1. The number of amides is 1. The van der Waals surface area contributed by atoms with Gasteiger partial charge in [0.25, 0.3) is 5.91 Å². The zero-order valence-electron chi connectivity index (χ0n) is 11.4. The molecular weight excluding hydrogens is 270 g/mol. The molecule has 1 heterocycles. The number of nitrogens with one attached hydrogen (secondary N) is 1. The smallest absolute Gasteiger partial charge is 0.265 e. The van der Waals surface area contributed by atoms with Crippen molar-refractivity contribution < 1.29 is 9.59 Å². The minimum absolute atomic E-state index is 0.121. The van der Waals surface area contributed by atoms with Crippen LogP contribution in [0.2, 0.25) is 0 Å². The van der Waals surface area contributed by atoms with Gasteiger partial charge in [-0.05, 0) is 30.7 Å². The van der Waals surface area contributed by atoms with Gasteiger partial charge in [-0.1, -0.05) is 31.5 Å². The molecule has 4 heteroatoms. The molecule has 0 aliphatic rings. The first kappa shape index (κ1) is 14.5. The monoisotopic (exact) mass is 287 g/mol. The molecule has 0 saturated carbocycles. The van der Waals surface area contributed by atoms with Crippen LogP contribution in [0.5, 0.6) is 0 Å². The fourth-order valence-corrected chi connectivity index (χ4v) is 2.65. The molecule has 0 aliphatic carbocycles. The van der Waals surface area contributed by atoms with Gasteiger partial charge in [0.2, 0.25) is 0 Å². The zero-order valence-corrected chi connectivity index (χ0v) is 12.2. The minimum atomic E-state index is -0.171. The summed E-state index contributed by atoms with van der Waals surface area (Å²) >= 11 is 1.26. The van der Waals surface area contributed by atoms with Gasteiger partial charge in [0.05, 0.1) is 9.75 Å². The number of carbonyl (C=O) groups is 2. The molecule has 1 aromatic heterocycles. The highest BCUT2D eigenvalue weighted by atomic mass is 32.1. The molecule has 0 radical (unpaired) electrons. The summed E-state index contributed by atoms with van der Waals surface area (Å²) in [5.41, 5.74) is 0.754. The van der Waals surface area contributed by atoms with Crippen LogP contribution >= 0.6 is 11.3 Å². The number of hydrogen-bond donors (Lipinski definition) is 1. The van der Waals surface area contributed by atoms with Gasteiger partial charge in [-0.3, -0.25) is 9.59 Å². The Balaban J connectivity index is 2.01. The van der Waals surface area contributed by atoms with Crippen LogP contribution in [0.15, 0.2) is 42.5 Å². The maximum atomic E-state index is 12.1. The number of carbonyl (C=O) groups excluding carboxylic acids is 2. The van der Waals surface area contributed by atoms with Crippen LogP contribution in [-0.2, 0) is 0 Å². The van der Waals surface area contributed by atoms with Crippen LogP contribution in [0, 0.1) is 0 Å². The normalized spacial score (nSPS) is 10.2. The molecule has 1 N–H and O–H groups in total. The van der Waals surface area contributed by atoms with Gasteiger partial charge in [0.15, 0.2) is 5.78 Å². The fraction of sp³-hybridized carbons (Fsp3) is 0.250. The molecule has 2 aromatic rings. The van der Waals surface area contributed by atoms with Gasteiger partial charge < -0.3 is 5.32 Å². The Bertz CT molecular complexity index is 590. The number of Topliss-reactive ketones (excluding diaryl/α,β-unsaturated/α-hetero) is 1. The highest BCUT2D eigenvalue weighted by molar-refractivity contribution is 7.16. The third-order valence-electron chi connectivity index (χ3n) is 2.89. The molecular formula is C16H17NO2S. The first-order valence-corrected chi connectivity index (χ1v) is 7.52. The molecule has 0 spiro atoms. The van der Waals surface area contributed by atoms with E-state index in [1.54, 1.807) is 12.1 Å². The van der Waals surface area contributed by atoms with Crippen LogP contribution in [0.3, 0.4) is 0 Å². The van der Waals surface area contributed by atoms with Gasteiger partial charge in [-0.2, -0.15) is 0 Å². The highest BCUT2D eigenvalue weighted by Gasteiger charge is 2.13. The topological polar surface area (TPSA) is 46.2 Å². The molecule has 0 bridgehead atoms. The molecule has 1 aromatic carbocycles. The summed E-state index contributed by atoms with van der Waals surface area (Å²) in [5.74, 6) is -0.0497. The molecule has 3 nitrogen and oxygen atoms in total. The van der Waals surface area contributed by atoms with E-state index in [-0.39, 0.29) is 11.7 Å². The van der Waals surface area contributed by atoms with E-state index in [2.05, 4.69) is 12.2 Å². The predicted octanol–water partition coefficient (Wildman–Crippen LogP) is 4.37. The van der Waals surface area contributed by atoms with Crippen molar-refractivity contribution >= 4 is 28.7 Å². The van der Waals surface area contributed by atoms with Crippen molar-refractivity contribution in [3.8, 4) is 0 Å². The number of anilines is 1. The fourth-order valence-electron chi connectivity index (χ4n) is 1.78. The van der Waals surface area contributed by atoms with Gasteiger partial charge >= 0.3 is 0 Å². The van der Waals surface area contributed by atoms with E-state index in [9.17, 15) is 9.59 Å². The first-order valence-electron chi connectivity index (χ1n) is 6.70. The van der Waals surface area contributed by atoms with E-state index in [1.165, 1.54) is 11.3 Å². The third-order valence-corrected chi connectivity index (χ3v) is 4.02. The Morgan fingerprint density at radius 1 is 1.05 bits per heavy atom. The molecule has 0 aliphatic heterocycles. The van der Waals surface area contributed by atoms with Crippen molar-refractivity contribution in [2.75, 3.05) is 5.32 Å². The lowest BCUT2D eigenvalue weighted by molar-refractivity contribution is 0.0982. The number of hydrogen-bond acceptors (Lipinski definition) is 3. The van der Waals surface area contributed by atoms with Crippen molar-refractivity contribution in [3.63, 3.8) is 0 Å². The lowest BCUT2D eigenvalue weighted by atomic mass is 10.1. The van der Waals surface area contributed by atoms with E-state index in [1.807, 2.05) is 30.3 Å². The molecule has 20 heavy (non-hydrogen) atoms. The summed E-state index contributed by atoms with van der Waals surface area (Å²) in [6, 6.07) is 12.7. The second-order valence-electron chi connectivity index (χ2n) is 4.51. The van der Waals surface area contributed by atoms with E-state index >= 15 is 0 Å². The summed E-state index contributed by atoms with van der Waals surface area (Å²) in [5, 5.41) is 2.81. The van der Waals surface area contributed by atoms with Crippen LogP contribution in [-0.4, -0.2) is 11.7 Å². The van der Waals surface area contributed by atoms with Crippen molar-refractivity contribution in [2.24, 2.45) is 0 Å². The average molecular weight is 287 g/mol. The van der Waals surface area contributed by atoms with E-state index in [0.29, 0.717) is 16.2 Å². The zero-order chi connectivity index (χ0) is 14.4. The Kier molecular flexibility index (Phi) is 5.07. The summed E-state index contributed by atoms with van der Waals surface area (Å²) in [7, 11) is 0. The molecule has 104 valence electrons. The first-order chi connectivity index (χ1) is 9.70. The minimum Gasteiger partial charge on any atom is -0.321 e. The SMILES string of the molecule is CCCCC(=O)c1ccc(C(=O)Nc2ccccc2)s1. The summed E-state index contributed by atoms with van der Waals surface area (Å²) < 4.78 is 0. The Morgan fingerprint density at radius 3 is 2.45 bits per heavy atom. The van der Waals surface area contributed by atoms with E-state index in [0.717, 1.165) is 18.5 Å². The molecule has 2 rings (SSSR count). The quantitative estimate of drug-likeness (QED) is 0.802. The second kappa shape index (κ2) is 7.01. The van der Waals surface area contributed by atoms with E-state index in [4.69, 9.17) is 0 Å². The molecule has 0 atom stereocenters. The van der Waals surface area contributed by atoms with Crippen molar-refractivity contribution in [1.29, 1.82) is 0 Å². The number of para-hydroxylation sites is 1. The average Bonchev–Trinajstić information content (AvgIpc) is 2.96. The summed E-state index contributed by atoms with van der Waals surface area (Å²) in [4.78, 5) is 25.2. The molecule has 0 fully saturated rings. The Hall–Kier alpha value is -1.94. The van der Waals surface area contributed by atoms with Crippen molar-refractivity contribution in [3.05, 3.63) is 52.2 Å². The van der Waals surface area contributed by atoms with Crippen molar-refractivity contribution in [1.82, 2.24) is 0 Å². The highest BCUT2D eigenvalue weighted by Crippen LogP contribution is 2.20. The number of rotatable bonds is 6. The predicted molar refractivity (Wildman–Crippen MR) is 82.6 cm³/mol. The molecule has 1 amide bonds. The lowest BCUT2D eigenvalue weighted by Gasteiger charge is -2.02. The maximum absolute atomic E-state index is 12.1. The van der Waals surface area contributed by atoms with Gasteiger partial charge in [0.1, 0.15) is 0 Å². The maximum Gasteiger partial charge on any atom is 0.265 e. The van der Waals surface area contributed by atoms with Crippen molar-refractivity contribution in [2.45, 2.75) is 26.2 Å². The standard InChI is InChI=1S/C16H17NO2S/c1-2-3-9-13(18)14-10-11-15(20-14)16(19)17-12-7-5-4-6-8-12/h4-8,10-11H,2-3,9H2,1H3,(H,17,19). The number of unbranched alkanes of at least 4 members (excludes halogenated alkanes) is 1. The van der Waals surface area contributed by atoms with E-state index < -0.39 is 0 Å². The lowest BCUT2D eigenvalue weighted by Crippen LogP contribution is -2.09. The Labute approximate surface area is 122 Å². The summed E-state index contributed by atoms with van der Waals surface area (Å²) in [6.07, 6.45) is 2.44. The molecule has 0 saturated heterocycles. The third kappa shape index (κ3) is 3.78. The van der Waals surface area contributed by atoms with Crippen LogP contribution in [0.1, 0.15) is 45.5 Å². The second-order valence-corrected chi connectivity index (χ2v) is 5.59. The number of thiophene rings is 1. The van der Waals surface area contributed by atoms with Crippen LogP contribution < -0.4 is 5.32 Å².